The van der Waals surface area contributed by atoms with E-state index in [1.807, 2.05) is 0 Å². The Balaban J connectivity index is 2.11. The molecule has 5 unspecified atom stereocenters. The molecule has 0 amide bonds. The summed E-state index contributed by atoms with van der Waals surface area (Å²) < 4.78 is 2.33. The van der Waals surface area contributed by atoms with E-state index in [1.165, 1.54) is 10.8 Å². The van der Waals surface area contributed by atoms with E-state index < -0.39 is 37.8 Å². The van der Waals surface area contributed by atoms with Crippen LogP contribution in [0.5, 0.6) is 0 Å². The summed E-state index contributed by atoms with van der Waals surface area (Å²) in [6.07, 6.45) is 0.514. The van der Waals surface area contributed by atoms with E-state index in [-0.39, 0.29) is 15.9 Å². The van der Waals surface area contributed by atoms with Gasteiger partial charge in [0.05, 0.1) is 5.54 Å². The number of nitrogens with zero attached hydrogens (tertiary/aromatic N) is 2. The molecule has 7 nitrogen and oxygen atoms in total. The van der Waals surface area contributed by atoms with Gasteiger partial charge < -0.3 is 11.5 Å². The van der Waals surface area contributed by atoms with E-state index in [4.69, 9.17) is 11.5 Å². The molecule has 2 aliphatic heterocycles. The van der Waals surface area contributed by atoms with Gasteiger partial charge in [-0.15, -0.1) is 0 Å². The summed E-state index contributed by atoms with van der Waals surface area (Å²) in [5.41, 5.74) is 11.4. The average molecular weight is 367 g/mol. The van der Waals surface area contributed by atoms with Crippen LogP contribution in [-0.4, -0.2) is 45.5 Å². The molecule has 3 aliphatic rings. The Morgan fingerprint density at radius 1 is 1.33 bits per heavy atom. The first kappa shape index (κ1) is 17.5. The van der Waals surface area contributed by atoms with E-state index in [0.29, 0.717) is 5.56 Å². The Bertz CT molecular complexity index is 874. The lowest BCUT2D eigenvalue weighted by molar-refractivity contribution is -0.139. The highest BCUT2D eigenvalue weighted by atomic mass is 28.3. The molecule has 1 aliphatic carbocycles. The quantitative estimate of drug-likeness (QED) is 0.605. The zero-order valence-corrected chi connectivity index (χ0v) is 18.2. The topological polar surface area (TPSA) is 113 Å². The van der Waals surface area contributed by atoms with Gasteiger partial charge in [0.1, 0.15) is 0 Å². The van der Waals surface area contributed by atoms with E-state index in [9.17, 15) is 14.4 Å². The standard InChI is InChI=1S/C15H26N4O3Si2/c1-7-6-18-9(19(10(7)21)12(18)22)8(20)15(17)11(16)13(2,23)14(15,3)24(4)5/h6,9,11,24H,16-17H2,1-5,23H3. The van der Waals surface area contributed by atoms with Crippen molar-refractivity contribution in [1.82, 2.24) is 9.13 Å². The van der Waals surface area contributed by atoms with Crippen molar-refractivity contribution in [2.45, 2.75) is 61.7 Å². The summed E-state index contributed by atoms with van der Waals surface area (Å²) in [6.45, 7) is 10.2. The summed E-state index contributed by atoms with van der Waals surface area (Å²) in [5.74, 6) is -0.302. The lowest BCUT2D eigenvalue weighted by Crippen LogP contribution is -2.86. The van der Waals surface area contributed by atoms with Crippen LogP contribution in [0.1, 0.15) is 25.6 Å². The van der Waals surface area contributed by atoms with Crippen molar-refractivity contribution < 1.29 is 4.79 Å². The zero-order chi connectivity index (χ0) is 18.4. The Morgan fingerprint density at radius 2 is 1.88 bits per heavy atom. The first-order valence-corrected chi connectivity index (χ1v) is 12.2. The fraction of sp³-hybridized carbons (Fsp3) is 0.667. The molecule has 0 spiro atoms. The molecular weight excluding hydrogens is 340 g/mol. The number of ketones is 1. The number of hydrogen-bond acceptors (Lipinski definition) is 5. The third-order valence-electron chi connectivity index (χ3n) is 7.09. The number of aromatic nitrogens is 2. The van der Waals surface area contributed by atoms with Gasteiger partial charge in [0.15, 0.2) is 11.9 Å². The van der Waals surface area contributed by atoms with Crippen molar-refractivity contribution in [3.05, 3.63) is 32.6 Å². The zero-order valence-electron chi connectivity index (χ0n) is 15.1. The minimum Gasteiger partial charge on any atom is -0.326 e. The molecule has 2 bridgehead atoms. The van der Waals surface area contributed by atoms with Crippen molar-refractivity contribution in [3.63, 3.8) is 0 Å². The van der Waals surface area contributed by atoms with Gasteiger partial charge in [-0.05, 0) is 17.0 Å². The third kappa shape index (κ3) is 1.52. The van der Waals surface area contributed by atoms with Crippen LogP contribution in [0.15, 0.2) is 15.8 Å². The van der Waals surface area contributed by atoms with Gasteiger partial charge >= 0.3 is 5.69 Å². The molecule has 0 radical (unpaired) electrons. The first-order valence-electron chi connectivity index (χ1n) is 8.28. The van der Waals surface area contributed by atoms with Gasteiger partial charge in [-0.25, -0.2) is 9.36 Å². The molecule has 5 atom stereocenters. The SMILES string of the molecule is Cc1cn2c(=O)n(c1=O)C2C(=O)C1(N)C(N)C(C)([SiH3])C1(C)[SiH](C)C. The van der Waals surface area contributed by atoms with E-state index >= 15 is 0 Å². The number of rotatable bonds is 3. The van der Waals surface area contributed by atoms with Crippen LogP contribution in [0.3, 0.4) is 0 Å². The van der Waals surface area contributed by atoms with Crippen LogP contribution in [-0.2, 0) is 4.79 Å². The third-order valence-corrected chi connectivity index (χ3v) is 12.9. The number of Topliss-reactive ketones (excluding diaryl/α,β-unsaturated/α-hetero) is 1. The number of carbonyl (C=O) groups excluding carboxylic acids is 1. The van der Waals surface area contributed by atoms with Crippen molar-refractivity contribution in [1.29, 1.82) is 0 Å². The van der Waals surface area contributed by atoms with Crippen LogP contribution < -0.4 is 22.7 Å². The molecule has 132 valence electrons. The lowest BCUT2D eigenvalue weighted by atomic mass is 9.53. The Hall–Kier alpha value is -1.30. The average Bonchev–Trinajstić information content (AvgIpc) is 2.51. The number of carbonyl (C=O) groups is 1. The van der Waals surface area contributed by atoms with Crippen LogP contribution >= 0.6 is 0 Å². The molecule has 4 rings (SSSR count). The number of aryl methyl sites for hydroxylation is 1. The maximum Gasteiger partial charge on any atom is 0.335 e. The lowest BCUT2D eigenvalue weighted by Gasteiger charge is -2.72. The minimum atomic E-state index is -1.35. The predicted octanol–water partition coefficient (Wildman–Crippen LogP) is -1.92. The number of fused-ring (bicyclic) bond motifs is 2. The van der Waals surface area contributed by atoms with Crippen LogP contribution in [0.25, 0.3) is 0 Å². The molecule has 0 saturated heterocycles. The highest BCUT2D eigenvalue weighted by molar-refractivity contribution is 6.63. The molecule has 1 fully saturated rings. The van der Waals surface area contributed by atoms with Gasteiger partial charge in [-0.2, -0.15) is 0 Å². The molecule has 1 aromatic rings. The Morgan fingerprint density at radius 3 is 2.33 bits per heavy atom. The van der Waals surface area contributed by atoms with Gasteiger partial charge in [-0.3, -0.25) is 14.2 Å². The first-order chi connectivity index (χ1) is 10.8. The van der Waals surface area contributed by atoms with Crippen molar-refractivity contribution in [2.24, 2.45) is 11.5 Å². The summed E-state index contributed by atoms with van der Waals surface area (Å²) in [5, 5.41) is -0.485. The normalized spacial score (nSPS) is 40.3. The summed E-state index contributed by atoms with van der Waals surface area (Å²) in [6, 6.07) is -0.455. The summed E-state index contributed by atoms with van der Waals surface area (Å²) in [4.78, 5) is 37.6. The van der Waals surface area contributed by atoms with Crippen molar-refractivity contribution in [2.75, 3.05) is 0 Å². The monoisotopic (exact) mass is 366 g/mol. The molecule has 1 aromatic heterocycles. The second kappa shape index (κ2) is 4.66. The second-order valence-corrected chi connectivity index (χ2v) is 13.9. The van der Waals surface area contributed by atoms with E-state index in [1.54, 1.807) is 6.92 Å². The Kier molecular flexibility index (Phi) is 3.40. The van der Waals surface area contributed by atoms with Crippen molar-refractivity contribution in [3.8, 4) is 0 Å². The number of nitrogens with two attached hydrogens (primary N) is 2. The molecule has 1 saturated carbocycles. The summed E-state index contributed by atoms with van der Waals surface area (Å²) in [7, 11) is -0.520. The molecule has 4 N–H and O–H groups in total. The van der Waals surface area contributed by atoms with E-state index in [2.05, 4.69) is 26.9 Å². The maximum absolute atomic E-state index is 13.4. The molecular formula is C15H26N4O3Si2. The van der Waals surface area contributed by atoms with Gasteiger partial charge in [0, 0.05) is 36.8 Å². The number of hydrogen-bond donors (Lipinski definition) is 2. The highest BCUT2D eigenvalue weighted by Gasteiger charge is 2.76. The maximum atomic E-state index is 13.4. The molecule has 9 heteroatoms. The van der Waals surface area contributed by atoms with Crippen LogP contribution in [0, 0.1) is 6.92 Å². The molecule has 24 heavy (non-hydrogen) atoms. The van der Waals surface area contributed by atoms with Crippen LogP contribution in [0.2, 0.25) is 23.2 Å². The van der Waals surface area contributed by atoms with Crippen molar-refractivity contribution >= 4 is 24.8 Å². The smallest absolute Gasteiger partial charge is 0.326 e. The minimum absolute atomic E-state index is 0.138. The summed E-state index contributed by atoms with van der Waals surface area (Å²) >= 11 is 0. The highest BCUT2D eigenvalue weighted by Crippen LogP contribution is 2.71. The van der Waals surface area contributed by atoms with E-state index in [0.717, 1.165) is 14.8 Å². The van der Waals surface area contributed by atoms with Gasteiger partial charge in [0.2, 0.25) is 0 Å². The van der Waals surface area contributed by atoms with Gasteiger partial charge in [0.25, 0.3) is 5.56 Å². The fourth-order valence-electron chi connectivity index (χ4n) is 4.94. The molecule has 3 heterocycles. The molecule has 0 aromatic carbocycles. The Labute approximate surface area is 145 Å². The largest absolute Gasteiger partial charge is 0.335 e. The van der Waals surface area contributed by atoms with Crippen LogP contribution in [0.4, 0.5) is 0 Å². The fourth-order valence-corrected chi connectivity index (χ4v) is 10.5. The van der Waals surface area contributed by atoms with Gasteiger partial charge in [-0.1, -0.05) is 26.9 Å². The predicted molar refractivity (Wildman–Crippen MR) is 99.6 cm³/mol. The second-order valence-electron chi connectivity index (χ2n) is 8.34.